The van der Waals surface area contributed by atoms with Gasteiger partial charge in [0, 0.05) is 19.3 Å². The van der Waals surface area contributed by atoms with Crippen molar-refractivity contribution in [3.05, 3.63) is 134 Å². The lowest BCUT2D eigenvalue weighted by molar-refractivity contribution is -0.167. The molecule has 0 saturated carbocycles. The number of esters is 3. The van der Waals surface area contributed by atoms with Gasteiger partial charge in [-0.05, 0) is 77.0 Å². The van der Waals surface area contributed by atoms with Gasteiger partial charge in [-0.1, -0.05) is 206 Å². The average Bonchev–Trinajstić information content (AvgIpc) is 3.24. The third-order valence-corrected chi connectivity index (χ3v) is 9.10. The molecular formula is C54H82O6. The first-order chi connectivity index (χ1) is 29.5. The second-order valence-corrected chi connectivity index (χ2v) is 14.8. The van der Waals surface area contributed by atoms with Crippen molar-refractivity contribution in [3.63, 3.8) is 0 Å². The molecule has 334 valence electrons. The zero-order valence-corrected chi connectivity index (χ0v) is 37.9. The molecule has 0 spiro atoms. The molecule has 0 saturated heterocycles. The van der Waals surface area contributed by atoms with Gasteiger partial charge >= 0.3 is 17.9 Å². The summed E-state index contributed by atoms with van der Waals surface area (Å²) in [5.74, 6) is -1.04. The summed E-state index contributed by atoms with van der Waals surface area (Å²) in [6, 6.07) is 0. The van der Waals surface area contributed by atoms with Crippen molar-refractivity contribution in [2.75, 3.05) is 13.2 Å². The molecule has 0 rings (SSSR count). The average molecular weight is 827 g/mol. The number of unbranched alkanes of at least 4 members (excludes halogenated alkanes) is 14. The lowest BCUT2D eigenvalue weighted by atomic mass is 10.1. The van der Waals surface area contributed by atoms with Gasteiger partial charge in [-0.2, -0.15) is 0 Å². The van der Waals surface area contributed by atoms with E-state index in [0.717, 1.165) is 83.5 Å². The number of hydrogen-bond acceptors (Lipinski definition) is 6. The van der Waals surface area contributed by atoms with E-state index < -0.39 is 6.10 Å². The highest BCUT2D eigenvalue weighted by Gasteiger charge is 2.19. The minimum absolute atomic E-state index is 0.123. The Balaban J connectivity index is 4.55. The maximum atomic E-state index is 12.7. The lowest BCUT2D eigenvalue weighted by Gasteiger charge is -2.18. The second-order valence-electron chi connectivity index (χ2n) is 14.8. The van der Waals surface area contributed by atoms with E-state index in [-0.39, 0.29) is 44.0 Å². The molecule has 0 aliphatic carbocycles. The summed E-state index contributed by atoms with van der Waals surface area (Å²) in [5.41, 5.74) is 0. The Bertz CT molecular complexity index is 1370. The van der Waals surface area contributed by atoms with Crippen molar-refractivity contribution in [2.45, 2.75) is 175 Å². The van der Waals surface area contributed by atoms with Gasteiger partial charge in [0.15, 0.2) is 6.10 Å². The molecular weight excluding hydrogens is 745 g/mol. The molecule has 6 nitrogen and oxygen atoms in total. The molecule has 0 radical (unpaired) electrons. The van der Waals surface area contributed by atoms with Crippen LogP contribution in [0, 0.1) is 0 Å². The van der Waals surface area contributed by atoms with Crippen LogP contribution in [0.25, 0.3) is 0 Å². The second kappa shape index (κ2) is 47.2. The highest BCUT2D eigenvalue weighted by molar-refractivity contribution is 5.71. The molecule has 0 aromatic heterocycles. The van der Waals surface area contributed by atoms with E-state index in [1.54, 1.807) is 0 Å². The Kier molecular flexibility index (Phi) is 43.7. The van der Waals surface area contributed by atoms with E-state index in [2.05, 4.69) is 69.4 Å². The molecule has 0 aromatic carbocycles. The Hall–Kier alpha value is -4.45. The number of allylic oxidation sites excluding steroid dienone is 22. The predicted octanol–water partition coefficient (Wildman–Crippen LogP) is 15.1. The maximum Gasteiger partial charge on any atom is 0.306 e. The Labute approximate surface area is 366 Å². The van der Waals surface area contributed by atoms with Gasteiger partial charge < -0.3 is 14.2 Å². The first-order valence-electron chi connectivity index (χ1n) is 23.3. The number of ether oxygens (including phenoxy) is 3. The van der Waals surface area contributed by atoms with Crippen LogP contribution in [-0.2, 0) is 28.6 Å². The monoisotopic (exact) mass is 827 g/mol. The summed E-state index contributed by atoms with van der Waals surface area (Å²) in [4.78, 5) is 37.7. The van der Waals surface area contributed by atoms with Crippen LogP contribution in [0.2, 0.25) is 0 Å². The molecule has 6 heteroatoms. The lowest BCUT2D eigenvalue weighted by Crippen LogP contribution is -2.30. The minimum atomic E-state index is -0.825. The van der Waals surface area contributed by atoms with Crippen molar-refractivity contribution in [3.8, 4) is 0 Å². The fraction of sp³-hybridized carbons (Fsp3) is 0.537. The third-order valence-electron chi connectivity index (χ3n) is 9.10. The van der Waals surface area contributed by atoms with E-state index in [0.29, 0.717) is 19.3 Å². The Morgan fingerprint density at radius 3 is 1.22 bits per heavy atom. The molecule has 0 bridgehead atoms. The maximum absolute atomic E-state index is 12.7. The van der Waals surface area contributed by atoms with Crippen molar-refractivity contribution in [1.29, 1.82) is 0 Å². The largest absolute Gasteiger partial charge is 0.462 e. The molecule has 0 aliphatic rings. The molecule has 0 heterocycles. The molecule has 0 N–H and O–H groups in total. The van der Waals surface area contributed by atoms with Crippen LogP contribution in [0.5, 0.6) is 0 Å². The zero-order valence-electron chi connectivity index (χ0n) is 37.9. The number of carbonyl (C=O) groups is 3. The van der Waals surface area contributed by atoms with Crippen molar-refractivity contribution in [1.82, 2.24) is 0 Å². The third kappa shape index (κ3) is 44.6. The summed E-state index contributed by atoms with van der Waals surface area (Å²) in [5, 5.41) is 0. The summed E-state index contributed by atoms with van der Waals surface area (Å²) in [7, 11) is 0. The molecule has 0 amide bonds. The smallest absolute Gasteiger partial charge is 0.306 e. The van der Waals surface area contributed by atoms with Gasteiger partial charge in [0.25, 0.3) is 0 Å². The topological polar surface area (TPSA) is 78.9 Å². The summed E-state index contributed by atoms with van der Waals surface area (Å²) < 4.78 is 16.6. The van der Waals surface area contributed by atoms with Crippen LogP contribution in [0.15, 0.2) is 134 Å². The first kappa shape index (κ1) is 55.5. The fourth-order valence-corrected chi connectivity index (χ4v) is 5.61. The van der Waals surface area contributed by atoms with E-state index in [9.17, 15) is 14.4 Å². The Morgan fingerprint density at radius 2 is 0.717 bits per heavy atom. The number of carbonyl (C=O) groups excluding carboxylic acids is 3. The van der Waals surface area contributed by atoms with Gasteiger partial charge in [0.1, 0.15) is 13.2 Å². The van der Waals surface area contributed by atoms with E-state index in [1.807, 2.05) is 85.1 Å². The summed E-state index contributed by atoms with van der Waals surface area (Å²) in [6.07, 6.45) is 65.8. The van der Waals surface area contributed by atoms with Crippen LogP contribution in [0.3, 0.4) is 0 Å². The van der Waals surface area contributed by atoms with Gasteiger partial charge in [-0.25, -0.2) is 0 Å². The molecule has 0 fully saturated rings. The van der Waals surface area contributed by atoms with Crippen molar-refractivity contribution < 1.29 is 28.6 Å². The SMILES string of the molecule is CC\C=C/C=C\C=C/C=C\C=C/CCCCCC(=O)OC(COC(=O)CCC/C=C\CCCCCC)COC(=O)CCCCCCC\C=C/C=C\C=C/C=C\C=C/CCC. The van der Waals surface area contributed by atoms with Crippen molar-refractivity contribution >= 4 is 17.9 Å². The van der Waals surface area contributed by atoms with Crippen LogP contribution in [0.1, 0.15) is 168 Å². The van der Waals surface area contributed by atoms with Crippen LogP contribution in [-0.4, -0.2) is 37.2 Å². The normalized spacial score (nSPS) is 13.3. The minimum Gasteiger partial charge on any atom is -0.462 e. The molecule has 60 heavy (non-hydrogen) atoms. The van der Waals surface area contributed by atoms with E-state index in [1.165, 1.54) is 32.1 Å². The van der Waals surface area contributed by atoms with Gasteiger partial charge in [0.05, 0.1) is 0 Å². The van der Waals surface area contributed by atoms with Gasteiger partial charge in [-0.15, -0.1) is 0 Å². The summed E-state index contributed by atoms with van der Waals surface area (Å²) in [6.45, 7) is 6.25. The van der Waals surface area contributed by atoms with E-state index in [4.69, 9.17) is 14.2 Å². The standard InChI is InChI=1S/C54H82O6/c1-4-7-10-13-16-19-21-23-25-26-27-29-30-32-35-38-41-44-47-53(56)59-50-51(49-58-52(55)46-43-40-37-34-18-15-12-9-6-3)60-54(57)48-45-42-39-36-33-31-28-24-22-20-17-14-11-8-5-2/h8,10-11,13-14,16-17,19-29,31,33-34,37,51H,4-7,9,12,15,18,30,32,35-36,38-50H2,1-3H3/b11-8-,13-10-,17-14-,19-16-,22-20-,23-21-,26-25-,28-24-,29-27-,33-31-,37-34-. The van der Waals surface area contributed by atoms with Gasteiger partial charge in [-0.3, -0.25) is 14.4 Å². The number of rotatable bonds is 39. The van der Waals surface area contributed by atoms with Crippen LogP contribution in [0.4, 0.5) is 0 Å². The first-order valence-corrected chi connectivity index (χ1v) is 23.3. The fourth-order valence-electron chi connectivity index (χ4n) is 5.61. The number of hydrogen-bond donors (Lipinski definition) is 0. The van der Waals surface area contributed by atoms with Crippen molar-refractivity contribution in [2.24, 2.45) is 0 Å². The molecule has 1 atom stereocenters. The molecule has 0 aromatic rings. The quantitative estimate of drug-likeness (QED) is 0.0202. The van der Waals surface area contributed by atoms with Crippen LogP contribution < -0.4 is 0 Å². The van der Waals surface area contributed by atoms with E-state index >= 15 is 0 Å². The summed E-state index contributed by atoms with van der Waals surface area (Å²) >= 11 is 0. The predicted molar refractivity (Wildman–Crippen MR) is 256 cm³/mol. The molecule has 0 aliphatic heterocycles. The van der Waals surface area contributed by atoms with Crippen LogP contribution >= 0.6 is 0 Å². The Morgan fingerprint density at radius 1 is 0.350 bits per heavy atom. The molecule has 1 unspecified atom stereocenters. The zero-order chi connectivity index (χ0) is 43.7. The van der Waals surface area contributed by atoms with Gasteiger partial charge in [0.2, 0.25) is 0 Å². The highest BCUT2D eigenvalue weighted by Crippen LogP contribution is 2.11. The highest BCUT2D eigenvalue weighted by atomic mass is 16.6.